The summed E-state index contributed by atoms with van der Waals surface area (Å²) in [6, 6.07) is 6.73. The van der Waals surface area contributed by atoms with Gasteiger partial charge in [0.1, 0.15) is 5.78 Å². The highest BCUT2D eigenvalue weighted by Crippen LogP contribution is 2.27. The van der Waals surface area contributed by atoms with E-state index in [-0.39, 0.29) is 29.7 Å². The lowest BCUT2D eigenvalue weighted by Gasteiger charge is -2.29. The molecule has 2 rings (SSSR count). The van der Waals surface area contributed by atoms with Crippen molar-refractivity contribution >= 4 is 31.7 Å². The molecular formula is C12H14BrNO3S. The lowest BCUT2D eigenvalue weighted by atomic mass is 10.0. The number of sulfonamides is 1. The minimum atomic E-state index is -3.51. The van der Waals surface area contributed by atoms with Gasteiger partial charge < -0.3 is 0 Å². The summed E-state index contributed by atoms with van der Waals surface area (Å²) in [4.78, 5) is 11.7. The average Bonchev–Trinajstić information content (AvgIpc) is 2.33. The minimum absolute atomic E-state index is 0.133. The topological polar surface area (TPSA) is 54.5 Å². The number of hydrogen-bond acceptors (Lipinski definition) is 3. The Morgan fingerprint density at radius 3 is 2.61 bits per heavy atom. The van der Waals surface area contributed by atoms with Crippen LogP contribution >= 0.6 is 15.9 Å². The van der Waals surface area contributed by atoms with Crippen molar-refractivity contribution in [3.05, 3.63) is 28.7 Å². The van der Waals surface area contributed by atoms with Crippen LogP contribution in [0.2, 0.25) is 0 Å². The number of ketones is 1. The van der Waals surface area contributed by atoms with Gasteiger partial charge >= 0.3 is 0 Å². The molecule has 6 heteroatoms. The van der Waals surface area contributed by atoms with Crippen LogP contribution in [-0.2, 0) is 14.8 Å². The smallest absolute Gasteiger partial charge is 0.244 e. The molecule has 1 atom stereocenters. The molecule has 0 aliphatic carbocycles. The van der Waals surface area contributed by atoms with Crippen LogP contribution in [0.5, 0.6) is 0 Å². The van der Waals surface area contributed by atoms with Gasteiger partial charge in [0.15, 0.2) is 0 Å². The fraction of sp³-hybridized carbons (Fsp3) is 0.417. The Balaban J connectivity index is 2.33. The van der Waals surface area contributed by atoms with Crippen molar-refractivity contribution in [3.8, 4) is 0 Å². The highest BCUT2D eigenvalue weighted by atomic mass is 79.9. The molecule has 0 N–H and O–H groups in total. The van der Waals surface area contributed by atoms with Gasteiger partial charge in [0.25, 0.3) is 0 Å². The van der Waals surface area contributed by atoms with Crippen LogP contribution < -0.4 is 0 Å². The molecule has 0 saturated carbocycles. The lowest BCUT2D eigenvalue weighted by Crippen LogP contribution is -2.43. The monoisotopic (exact) mass is 331 g/mol. The van der Waals surface area contributed by atoms with E-state index in [1.165, 1.54) is 4.31 Å². The molecule has 1 unspecified atom stereocenters. The van der Waals surface area contributed by atoms with E-state index in [2.05, 4.69) is 15.9 Å². The molecule has 1 saturated heterocycles. The summed E-state index contributed by atoms with van der Waals surface area (Å²) < 4.78 is 26.8. The quantitative estimate of drug-likeness (QED) is 0.833. The summed E-state index contributed by atoms with van der Waals surface area (Å²) >= 11 is 3.25. The first-order valence-electron chi connectivity index (χ1n) is 5.70. The SMILES string of the molecule is CC1CN(S(=O)(=O)c2ccccc2Br)CCC1=O. The van der Waals surface area contributed by atoms with E-state index in [9.17, 15) is 13.2 Å². The minimum Gasteiger partial charge on any atom is -0.299 e. The van der Waals surface area contributed by atoms with Crippen LogP contribution in [0.1, 0.15) is 13.3 Å². The largest absolute Gasteiger partial charge is 0.299 e. The second-order valence-electron chi connectivity index (χ2n) is 4.41. The molecule has 1 aromatic rings. The van der Waals surface area contributed by atoms with Gasteiger partial charge in [-0.2, -0.15) is 4.31 Å². The first-order valence-corrected chi connectivity index (χ1v) is 7.93. The lowest BCUT2D eigenvalue weighted by molar-refractivity contribution is -0.124. The summed E-state index contributed by atoms with van der Waals surface area (Å²) in [7, 11) is -3.51. The molecule has 0 radical (unpaired) electrons. The second kappa shape index (κ2) is 5.11. The first kappa shape index (κ1) is 13.7. The van der Waals surface area contributed by atoms with Crippen molar-refractivity contribution in [3.63, 3.8) is 0 Å². The zero-order chi connectivity index (χ0) is 13.3. The van der Waals surface area contributed by atoms with Gasteiger partial charge in [-0.25, -0.2) is 8.42 Å². The van der Waals surface area contributed by atoms with E-state index < -0.39 is 10.0 Å². The molecule has 1 heterocycles. The maximum atomic E-state index is 12.4. The number of rotatable bonds is 2. The number of carbonyl (C=O) groups is 1. The Morgan fingerprint density at radius 1 is 1.33 bits per heavy atom. The molecule has 0 spiro atoms. The highest BCUT2D eigenvalue weighted by molar-refractivity contribution is 9.10. The molecule has 1 aliphatic rings. The van der Waals surface area contributed by atoms with Gasteiger partial charge in [0, 0.05) is 29.9 Å². The Bertz CT molecular complexity index is 570. The van der Waals surface area contributed by atoms with E-state index in [1.54, 1.807) is 31.2 Å². The number of Topliss-reactive ketones (excluding diaryl/α,β-unsaturated/α-hetero) is 1. The Morgan fingerprint density at radius 2 is 2.00 bits per heavy atom. The van der Waals surface area contributed by atoms with Gasteiger partial charge in [-0.3, -0.25) is 4.79 Å². The normalized spacial score (nSPS) is 22.1. The zero-order valence-corrected chi connectivity index (χ0v) is 12.4. The van der Waals surface area contributed by atoms with Gasteiger partial charge in [-0.15, -0.1) is 0 Å². The molecular weight excluding hydrogens is 318 g/mol. The predicted molar refractivity (Wildman–Crippen MR) is 71.7 cm³/mol. The summed E-state index contributed by atoms with van der Waals surface area (Å²) in [5.41, 5.74) is 0. The van der Waals surface area contributed by atoms with E-state index in [1.807, 2.05) is 0 Å². The fourth-order valence-electron chi connectivity index (χ4n) is 1.99. The third-order valence-electron chi connectivity index (χ3n) is 3.09. The van der Waals surface area contributed by atoms with Crippen molar-refractivity contribution < 1.29 is 13.2 Å². The molecule has 4 nitrogen and oxygen atoms in total. The summed E-state index contributed by atoms with van der Waals surface area (Å²) in [5.74, 6) is -0.0930. The van der Waals surface area contributed by atoms with Crippen molar-refractivity contribution in [2.75, 3.05) is 13.1 Å². The van der Waals surface area contributed by atoms with Crippen LogP contribution in [0.15, 0.2) is 33.6 Å². The molecule has 0 bridgehead atoms. The fourth-order valence-corrected chi connectivity index (χ4v) is 4.48. The first-order chi connectivity index (χ1) is 8.43. The summed E-state index contributed by atoms with van der Waals surface area (Å²) in [6.07, 6.45) is 0.296. The third-order valence-corrected chi connectivity index (χ3v) is 5.97. The van der Waals surface area contributed by atoms with Crippen molar-refractivity contribution in [2.45, 2.75) is 18.2 Å². The Hall–Kier alpha value is -0.720. The maximum Gasteiger partial charge on any atom is 0.244 e. The van der Waals surface area contributed by atoms with Crippen molar-refractivity contribution in [1.29, 1.82) is 0 Å². The highest BCUT2D eigenvalue weighted by Gasteiger charge is 2.33. The van der Waals surface area contributed by atoms with E-state index in [0.29, 0.717) is 10.9 Å². The molecule has 18 heavy (non-hydrogen) atoms. The summed E-state index contributed by atoms with van der Waals surface area (Å²) in [5, 5.41) is 0. The van der Waals surface area contributed by atoms with E-state index in [0.717, 1.165) is 0 Å². The molecule has 98 valence electrons. The molecule has 1 aromatic carbocycles. The van der Waals surface area contributed by atoms with E-state index >= 15 is 0 Å². The number of carbonyl (C=O) groups excluding carboxylic acids is 1. The number of piperidine rings is 1. The van der Waals surface area contributed by atoms with Gasteiger partial charge in [-0.1, -0.05) is 19.1 Å². The standard InChI is InChI=1S/C12H14BrNO3S/c1-9-8-14(7-6-11(9)15)18(16,17)12-5-3-2-4-10(12)13/h2-5,9H,6-8H2,1H3. The molecule has 1 aliphatic heterocycles. The molecule has 1 fully saturated rings. The van der Waals surface area contributed by atoms with E-state index in [4.69, 9.17) is 0 Å². The van der Waals surface area contributed by atoms with Gasteiger partial charge in [0.2, 0.25) is 10.0 Å². The summed E-state index contributed by atoms with van der Waals surface area (Å²) in [6.45, 7) is 2.30. The maximum absolute atomic E-state index is 12.4. The van der Waals surface area contributed by atoms with Crippen LogP contribution in [0, 0.1) is 5.92 Å². The van der Waals surface area contributed by atoms with Crippen molar-refractivity contribution in [1.82, 2.24) is 4.31 Å². The molecule has 0 amide bonds. The zero-order valence-electron chi connectivity index (χ0n) is 9.97. The number of hydrogen-bond donors (Lipinski definition) is 0. The van der Waals surface area contributed by atoms with Crippen LogP contribution in [0.4, 0.5) is 0 Å². The van der Waals surface area contributed by atoms with Crippen molar-refractivity contribution in [2.24, 2.45) is 5.92 Å². The second-order valence-corrected chi connectivity index (χ2v) is 7.17. The number of halogens is 1. The third kappa shape index (κ3) is 2.50. The molecule has 0 aromatic heterocycles. The van der Waals surface area contributed by atoms with Gasteiger partial charge in [0.05, 0.1) is 4.90 Å². The van der Waals surface area contributed by atoms with Crippen LogP contribution in [-0.4, -0.2) is 31.6 Å². The Labute approximate surface area is 115 Å². The number of nitrogens with zero attached hydrogens (tertiary/aromatic N) is 1. The van der Waals surface area contributed by atoms with Crippen LogP contribution in [0.25, 0.3) is 0 Å². The van der Waals surface area contributed by atoms with Gasteiger partial charge in [-0.05, 0) is 28.1 Å². The average molecular weight is 332 g/mol. The van der Waals surface area contributed by atoms with Crippen LogP contribution in [0.3, 0.4) is 0 Å². The number of benzene rings is 1. The Kier molecular flexibility index (Phi) is 3.89. The predicted octanol–water partition coefficient (Wildman–Crippen LogP) is 2.05.